The summed E-state index contributed by atoms with van der Waals surface area (Å²) in [5, 5.41) is 81.2. The van der Waals surface area contributed by atoms with E-state index in [-0.39, 0.29) is 69.7 Å². The second kappa shape index (κ2) is 22.8. The molecule has 0 bridgehead atoms. The van der Waals surface area contributed by atoms with Crippen LogP contribution in [0.2, 0.25) is 0 Å². The normalized spacial score (nSPS) is 46.1. The van der Waals surface area contributed by atoms with Crippen LogP contribution in [0.5, 0.6) is 0 Å². The van der Waals surface area contributed by atoms with Gasteiger partial charge < -0.3 is 51.9 Å². The first kappa shape index (κ1) is 54.9. The van der Waals surface area contributed by atoms with Gasteiger partial charge in [0, 0.05) is 25.9 Å². The van der Waals surface area contributed by atoms with Gasteiger partial charge in [0.1, 0.15) is 0 Å². The second-order valence-electron chi connectivity index (χ2n) is 26.7. The molecule has 402 valence electrons. The quantitative estimate of drug-likeness (QED) is 0.0551. The summed E-state index contributed by atoms with van der Waals surface area (Å²) in [4.78, 5) is 25.8. The molecule has 0 heterocycles. The molecular formula is C58H102N4O8. The number of carbonyl (C=O) groups excluding carboxylic acids is 2. The maximum Gasteiger partial charge on any atom is 0.220 e. The van der Waals surface area contributed by atoms with Crippen molar-refractivity contribution in [3.63, 3.8) is 0 Å². The fourth-order valence-electron chi connectivity index (χ4n) is 19.2. The van der Waals surface area contributed by atoms with Gasteiger partial charge in [0.25, 0.3) is 0 Å². The van der Waals surface area contributed by atoms with Crippen molar-refractivity contribution in [2.24, 2.45) is 92.7 Å². The Morgan fingerprint density at radius 3 is 1.27 bits per heavy atom. The zero-order valence-electron chi connectivity index (χ0n) is 44.7. The number of carbonyl (C=O) groups is 2. The zero-order valence-corrected chi connectivity index (χ0v) is 44.7. The number of nitrogens with one attached hydrogen (secondary N) is 4. The molecular weight excluding hydrogens is 881 g/mol. The van der Waals surface area contributed by atoms with Crippen LogP contribution in [0.15, 0.2) is 0 Å². The predicted octanol–water partition coefficient (Wildman–Crippen LogP) is 6.71. The van der Waals surface area contributed by atoms with E-state index in [2.05, 4.69) is 62.8 Å². The van der Waals surface area contributed by atoms with E-state index >= 15 is 0 Å². The highest BCUT2D eigenvalue weighted by atomic mass is 16.3. The van der Waals surface area contributed by atoms with Crippen LogP contribution in [0.1, 0.15) is 183 Å². The van der Waals surface area contributed by atoms with E-state index in [1.165, 1.54) is 0 Å². The van der Waals surface area contributed by atoms with Crippen molar-refractivity contribution in [3.05, 3.63) is 0 Å². The van der Waals surface area contributed by atoms with E-state index in [0.717, 1.165) is 155 Å². The molecule has 8 rings (SSSR count). The fourth-order valence-corrected chi connectivity index (χ4v) is 19.2. The summed E-state index contributed by atoms with van der Waals surface area (Å²) in [5.74, 6) is 3.84. The van der Waals surface area contributed by atoms with Crippen LogP contribution in [0, 0.1) is 92.7 Å². The molecule has 8 aliphatic carbocycles. The first-order valence-corrected chi connectivity index (χ1v) is 29.4. The summed E-state index contributed by atoms with van der Waals surface area (Å²) in [7, 11) is 0. The molecule has 0 aromatic heterocycles. The maximum atomic E-state index is 12.9. The van der Waals surface area contributed by atoms with Crippen molar-refractivity contribution in [1.29, 1.82) is 0 Å². The second-order valence-corrected chi connectivity index (χ2v) is 26.7. The Kier molecular flexibility index (Phi) is 17.9. The molecule has 0 aromatic rings. The summed E-state index contributed by atoms with van der Waals surface area (Å²) >= 11 is 0. The number of amides is 2. The smallest absolute Gasteiger partial charge is 0.220 e. The average Bonchev–Trinajstić information content (AvgIpc) is 3.87. The van der Waals surface area contributed by atoms with Crippen molar-refractivity contribution in [3.8, 4) is 0 Å². The summed E-state index contributed by atoms with van der Waals surface area (Å²) in [5.41, 5.74) is -0.321. The topological polar surface area (TPSA) is 204 Å². The van der Waals surface area contributed by atoms with Gasteiger partial charge in [0.2, 0.25) is 11.8 Å². The molecule has 8 aliphatic rings. The van der Waals surface area contributed by atoms with E-state index < -0.39 is 12.2 Å². The minimum absolute atomic E-state index is 0.0779. The van der Waals surface area contributed by atoms with Gasteiger partial charge in [-0.2, -0.15) is 0 Å². The van der Waals surface area contributed by atoms with Crippen molar-refractivity contribution in [1.82, 2.24) is 21.3 Å². The average molecular weight is 983 g/mol. The van der Waals surface area contributed by atoms with Crippen molar-refractivity contribution in [2.45, 2.75) is 219 Å². The Balaban J connectivity index is 0.627. The van der Waals surface area contributed by atoms with Gasteiger partial charge in [0.05, 0.1) is 36.6 Å². The molecule has 0 unspecified atom stereocenters. The fraction of sp³-hybridized carbons (Fsp3) is 0.966. The first-order chi connectivity index (χ1) is 33.3. The third-order valence-corrected chi connectivity index (χ3v) is 23.4. The third-order valence-electron chi connectivity index (χ3n) is 23.4. The van der Waals surface area contributed by atoms with Crippen molar-refractivity contribution >= 4 is 11.8 Å². The van der Waals surface area contributed by atoms with Gasteiger partial charge >= 0.3 is 0 Å². The Morgan fingerprint density at radius 1 is 0.486 bits per heavy atom. The molecule has 0 saturated heterocycles. The number of fused-ring (bicyclic) bond motifs is 10. The molecule has 12 heteroatoms. The van der Waals surface area contributed by atoms with Gasteiger partial charge in [0.15, 0.2) is 0 Å². The highest BCUT2D eigenvalue weighted by molar-refractivity contribution is 5.76. The lowest BCUT2D eigenvalue weighted by Crippen LogP contribution is -2.62. The summed E-state index contributed by atoms with van der Waals surface area (Å²) in [6.07, 6.45) is 17.0. The SMILES string of the molecule is C[C@H](CCC(=O)NCCCNCCCCNCCCNC(=O)CC[C@@H](C)[C@H]1CC[C@H]2[C@@H]3[C@H](O)C[C@H]4C[C@H](O)CC[C@]4(C)[C@H]3C[C@H](O)[C@]12C)[C@H]1CC[C@H]2[C@@H]3[C@H](O)C[C@H]4C[C@H](O)CC[C@]4(C)[C@H]3C[C@H](O)[C@]12C. The molecule has 70 heavy (non-hydrogen) atoms. The van der Waals surface area contributed by atoms with Crippen LogP contribution < -0.4 is 21.3 Å². The van der Waals surface area contributed by atoms with Crippen LogP contribution in [0.4, 0.5) is 0 Å². The van der Waals surface area contributed by atoms with E-state index in [4.69, 9.17) is 0 Å². The number of unbranched alkanes of at least 4 members (excludes halogenated alkanes) is 1. The minimum atomic E-state index is -0.399. The molecule has 22 atom stereocenters. The number of aliphatic hydroxyl groups excluding tert-OH is 6. The molecule has 0 aromatic carbocycles. The maximum absolute atomic E-state index is 12.9. The lowest BCUT2D eigenvalue weighted by Gasteiger charge is -2.63. The van der Waals surface area contributed by atoms with Crippen LogP contribution in [0.25, 0.3) is 0 Å². The van der Waals surface area contributed by atoms with Crippen molar-refractivity contribution in [2.75, 3.05) is 39.3 Å². The van der Waals surface area contributed by atoms with Gasteiger partial charge in [-0.15, -0.1) is 0 Å². The lowest BCUT2D eigenvalue weighted by atomic mass is 9.43. The molecule has 10 N–H and O–H groups in total. The van der Waals surface area contributed by atoms with E-state index in [1.54, 1.807) is 0 Å². The first-order valence-electron chi connectivity index (χ1n) is 29.4. The largest absolute Gasteiger partial charge is 0.393 e. The monoisotopic (exact) mass is 983 g/mol. The molecule has 2 amide bonds. The summed E-state index contributed by atoms with van der Waals surface area (Å²) in [6, 6.07) is 0. The molecule has 8 saturated carbocycles. The summed E-state index contributed by atoms with van der Waals surface area (Å²) in [6.45, 7) is 18.9. The highest BCUT2D eigenvalue weighted by Crippen LogP contribution is 2.70. The molecule has 8 fully saturated rings. The Labute approximate surface area is 423 Å². The van der Waals surface area contributed by atoms with Crippen LogP contribution in [-0.2, 0) is 9.59 Å². The number of hydrogen-bond donors (Lipinski definition) is 10. The summed E-state index contributed by atoms with van der Waals surface area (Å²) < 4.78 is 0. The van der Waals surface area contributed by atoms with Gasteiger partial charge in [-0.25, -0.2) is 0 Å². The van der Waals surface area contributed by atoms with E-state index in [9.17, 15) is 40.2 Å². The van der Waals surface area contributed by atoms with Crippen LogP contribution >= 0.6 is 0 Å². The number of rotatable bonds is 21. The zero-order chi connectivity index (χ0) is 50.2. The van der Waals surface area contributed by atoms with Gasteiger partial charge in [-0.05, 0) is 247 Å². The Hall–Kier alpha value is -1.38. The number of hydrogen-bond acceptors (Lipinski definition) is 10. The van der Waals surface area contributed by atoms with E-state index in [0.29, 0.717) is 85.1 Å². The van der Waals surface area contributed by atoms with Crippen LogP contribution in [-0.4, -0.2) is 118 Å². The Bertz CT molecular complexity index is 1620. The van der Waals surface area contributed by atoms with Crippen LogP contribution in [0.3, 0.4) is 0 Å². The molecule has 0 radical (unpaired) electrons. The highest BCUT2D eigenvalue weighted by Gasteiger charge is 2.67. The minimum Gasteiger partial charge on any atom is -0.393 e. The molecule has 12 nitrogen and oxygen atoms in total. The third kappa shape index (κ3) is 10.7. The standard InChI is InChI=1S/C58H102N4O8/c1-35(41-13-15-43-53-45(33-49(67)57(41,43)5)55(3)21-19-39(63)29-37(55)31-47(53)65)11-17-51(69)61-27-9-25-59-23-7-8-24-60-26-10-28-62-52(70)18-12-36(2)42-14-16-44-54-46(34-50(68)58(42,44)6)56(4)22-20-40(64)30-38(56)32-48(54)66/h35-50,53-54,59-60,63-68H,7-34H2,1-6H3,(H,61,69)(H,62,70)/t35-,36-,37-,38-,39-,40-,41-,42-,43+,44+,45+,46+,47-,48-,49+,50+,53+,54+,55+,56+,57-,58-/m1/s1. The molecule has 0 spiro atoms. The van der Waals surface area contributed by atoms with E-state index in [1.807, 2.05) is 0 Å². The lowest BCUT2D eigenvalue weighted by molar-refractivity contribution is -0.207. The van der Waals surface area contributed by atoms with Gasteiger partial charge in [-0.1, -0.05) is 41.5 Å². The predicted molar refractivity (Wildman–Crippen MR) is 275 cm³/mol. The van der Waals surface area contributed by atoms with Crippen molar-refractivity contribution < 1.29 is 40.2 Å². The number of aliphatic hydroxyl groups is 6. The molecule has 0 aliphatic heterocycles. The Morgan fingerprint density at radius 2 is 0.871 bits per heavy atom. The van der Waals surface area contributed by atoms with Gasteiger partial charge in [-0.3, -0.25) is 9.59 Å².